The van der Waals surface area contributed by atoms with Crippen LogP contribution in [-0.4, -0.2) is 33.2 Å². The SMILES string of the molecule is C#CCCCC(=O)Nc1cccc(C(CS(=O)(=O)c2ccc(C)cc2)OC(=O)NC)c1. The zero-order chi connectivity index (χ0) is 22.9. The van der Waals surface area contributed by atoms with Gasteiger partial charge in [-0.25, -0.2) is 13.2 Å². The van der Waals surface area contributed by atoms with Gasteiger partial charge in [-0.1, -0.05) is 29.8 Å². The number of unbranched alkanes of at least 4 members (excludes halogenated alkanes) is 1. The van der Waals surface area contributed by atoms with Crippen molar-refractivity contribution in [3.05, 3.63) is 59.7 Å². The van der Waals surface area contributed by atoms with E-state index in [-0.39, 0.29) is 17.2 Å². The fraction of sp³-hybridized carbons (Fsp3) is 0.304. The maximum absolute atomic E-state index is 12.9. The lowest BCUT2D eigenvalue weighted by atomic mass is 10.1. The highest BCUT2D eigenvalue weighted by Gasteiger charge is 2.26. The standard InChI is InChI=1S/C23H26N2O5S/c1-4-5-6-10-22(26)25-19-9-7-8-18(15-19)21(30-23(27)24-3)16-31(28,29)20-13-11-17(2)12-14-20/h1,7-9,11-15,21H,5-6,10,16H2,2-3H3,(H,24,27)(H,25,26). The van der Waals surface area contributed by atoms with Crippen LogP contribution >= 0.6 is 0 Å². The highest BCUT2D eigenvalue weighted by Crippen LogP contribution is 2.26. The van der Waals surface area contributed by atoms with Crippen LogP contribution in [0.25, 0.3) is 0 Å². The molecule has 2 rings (SSSR count). The predicted octanol–water partition coefficient (Wildman–Crippen LogP) is 3.61. The Morgan fingerprint density at radius 3 is 2.52 bits per heavy atom. The number of rotatable bonds is 9. The number of alkyl carbamates (subject to hydrolysis) is 1. The summed E-state index contributed by atoms with van der Waals surface area (Å²) < 4.78 is 31.2. The van der Waals surface area contributed by atoms with Crippen molar-refractivity contribution in [2.24, 2.45) is 0 Å². The second kappa shape index (κ2) is 11.2. The van der Waals surface area contributed by atoms with Gasteiger partial charge in [-0.2, -0.15) is 0 Å². The molecule has 0 aliphatic rings. The summed E-state index contributed by atoms with van der Waals surface area (Å²) in [5.41, 5.74) is 1.85. The van der Waals surface area contributed by atoms with Crippen molar-refractivity contribution >= 4 is 27.5 Å². The van der Waals surface area contributed by atoms with Crippen molar-refractivity contribution in [3.63, 3.8) is 0 Å². The Kier molecular flexibility index (Phi) is 8.64. The summed E-state index contributed by atoms with van der Waals surface area (Å²) >= 11 is 0. The van der Waals surface area contributed by atoms with Gasteiger partial charge in [0.25, 0.3) is 0 Å². The molecular formula is C23H26N2O5S. The van der Waals surface area contributed by atoms with Crippen LogP contribution in [0, 0.1) is 19.3 Å². The van der Waals surface area contributed by atoms with E-state index < -0.39 is 27.8 Å². The Morgan fingerprint density at radius 2 is 1.87 bits per heavy atom. The van der Waals surface area contributed by atoms with Crippen molar-refractivity contribution in [3.8, 4) is 12.3 Å². The molecule has 8 heteroatoms. The van der Waals surface area contributed by atoms with Gasteiger partial charge in [0.2, 0.25) is 5.91 Å². The van der Waals surface area contributed by atoms with Crippen LogP contribution < -0.4 is 10.6 Å². The number of hydrogen-bond donors (Lipinski definition) is 2. The number of sulfone groups is 1. The van der Waals surface area contributed by atoms with Crippen LogP contribution in [-0.2, 0) is 19.4 Å². The summed E-state index contributed by atoms with van der Waals surface area (Å²) in [5.74, 6) is 1.84. The Bertz CT molecular complexity index is 1060. The van der Waals surface area contributed by atoms with E-state index in [2.05, 4.69) is 16.6 Å². The third-order valence-corrected chi connectivity index (χ3v) is 6.20. The van der Waals surface area contributed by atoms with Gasteiger partial charge in [0.05, 0.1) is 10.6 Å². The molecule has 164 valence electrons. The van der Waals surface area contributed by atoms with Crippen molar-refractivity contribution < 1.29 is 22.7 Å². The highest BCUT2D eigenvalue weighted by atomic mass is 32.2. The zero-order valence-electron chi connectivity index (χ0n) is 17.6. The van der Waals surface area contributed by atoms with Crippen LogP contribution in [0.2, 0.25) is 0 Å². The summed E-state index contributed by atoms with van der Waals surface area (Å²) in [4.78, 5) is 24.1. The largest absolute Gasteiger partial charge is 0.440 e. The van der Waals surface area contributed by atoms with Crippen LogP contribution in [0.1, 0.15) is 36.5 Å². The molecular weight excluding hydrogens is 416 g/mol. The normalized spacial score (nSPS) is 11.8. The quantitative estimate of drug-likeness (QED) is 0.456. The second-order valence-corrected chi connectivity index (χ2v) is 9.00. The molecule has 0 bridgehead atoms. The molecule has 1 atom stereocenters. The molecule has 0 saturated carbocycles. The summed E-state index contributed by atoms with van der Waals surface area (Å²) in [6.07, 6.45) is 4.72. The first-order chi connectivity index (χ1) is 14.7. The molecule has 0 spiro atoms. The van der Waals surface area contributed by atoms with Crippen molar-refractivity contribution in [2.45, 2.75) is 37.2 Å². The lowest BCUT2D eigenvalue weighted by Gasteiger charge is -2.19. The van der Waals surface area contributed by atoms with Gasteiger partial charge < -0.3 is 15.4 Å². The number of anilines is 1. The first-order valence-electron chi connectivity index (χ1n) is 9.76. The zero-order valence-corrected chi connectivity index (χ0v) is 18.4. The predicted molar refractivity (Wildman–Crippen MR) is 119 cm³/mol. The average molecular weight is 443 g/mol. The third kappa shape index (κ3) is 7.46. The minimum Gasteiger partial charge on any atom is -0.440 e. The Labute approximate surface area is 183 Å². The van der Waals surface area contributed by atoms with E-state index >= 15 is 0 Å². The number of nitrogens with one attached hydrogen (secondary N) is 2. The Balaban J connectivity index is 2.25. The lowest BCUT2D eigenvalue weighted by molar-refractivity contribution is -0.116. The van der Waals surface area contributed by atoms with Gasteiger partial charge in [0, 0.05) is 25.6 Å². The van der Waals surface area contributed by atoms with E-state index in [1.165, 1.54) is 19.2 Å². The molecule has 0 aromatic heterocycles. The molecule has 0 aliphatic carbocycles. The highest BCUT2D eigenvalue weighted by molar-refractivity contribution is 7.91. The Morgan fingerprint density at radius 1 is 1.16 bits per heavy atom. The molecule has 0 fully saturated rings. The van der Waals surface area contributed by atoms with Gasteiger partial charge in [0.15, 0.2) is 9.84 Å². The average Bonchev–Trinajstić information content (AvgIpc) is 2.73. The molecule has 7 nitrogen and oxygen atoms in total. The minimum atomic E-state index is -3.74. The summed E-state index contributed by atoms with van der Waals surface area (Å²) in [6, 6.07) is 13.0. The first kappa shape index (κ1) is 24.0. The van der Waals surface area contributed by atoms with Crippen LogP contribution in [0.5, 0.6) is 0 Å². The number of ether oxygens (including phenoxy) is 1. The number of terminal acetylenes is 1. The maximum Gasteiger partial charge on any atom is 0.407 e. The molecule has 1 unspecified atom stereocenters. The van der Waals surface area contributed by atoms with E-state index in [1.54, 1.807) is 36.4 Å². The summed E-state index contributed by atoms with van der Waals surface area (Å²) in [6.45, 7) is 1.86. The van der Waals surface area contributed by atoms with E-state index in [9.17, 15) is 18.0 Å². The monoisotopic (exact) mass is 442 g/mol. The van der Waals surface area contributed by atoms with Crippen LogP contribution in [0.15, 0.2) is 53.4 Å². The minimum absolute atomic E-state index is 0.140. The molecule has 2 aromatic carbocycles. The van der Waals surface area contributed by atoms with Gasteiger partial charge in [0.1, 0.15) is 6.10 Å². The number of hydrogen-bond acceptors (Lipinski definition) is 5. The van der Waals surface area contributed by atoms with E-state index in [0.29, 0.717) is 24.1 Å². The molecule has 2 amide bonds. The van der Waals surface area contributed by atoms with Crippen LogP contribution in [0.4, 0.5) is 10.5 Å². The number of amides is 2. The summed E-state index contributed by atoms with van der Waals surface area (Å²) in [5, 5.41) is 5.08. The van der Waals surface area contributed by atoms with Crippen molar-refractivity contribution in [2.75, 3.05) is 18.1 Å². The molecule has 31 heavy (non-hydrogen) atoms. The first-order valence-corrected chi connectivity index (χ1v) is 11.4. The number of benzene rings is 2. The lowest BCUT2D eigenvalue weighted by Crippen LogP contribution is -2.26. The molecule has 2 aromatic rings. The number of carbonyl (C=O) groups excluding carboxylic acids is 2. The number of aryl methyl sites for hydroxylation is 1. The maximum atomic E-state index is 12.9. The van der Waals surface area contributed by atoms with Gasteiger partial charge in [-0.05, 0) is 43.2 Å². The van der Waals surface area contributed by atoms with Gasteiger partial charge >= 0.3 is 6.09 Å². The molecule has 0 aliphatic heterocycles. The van der Waals surface area contributed by atoms with Crippen molar-refractivity contribution in [1.29, 1.82) is 0 Å². The molecule has 0 heterocycles. The van der Waals surface area contributed by atoms with Crippen LogP contribution in [0.3, 0.4) is 0 Å². The van der Waals surface area contributed by atoms with Crippen molar-refractivity contribution in [1.82, 2.24) is 5.32 Å². The molecule has 0 radical (unpaired) electrons. The third-order valence-electron chi connectivity index (χ3n) is 4.47. The Hall–Kier alpha value is -3.31. The smallest absolute Gasteiger partial charge is 0.407 e. The fourth-order valence-electron chi connectivity index (χ4n) is 2.82. The van der Waals surface area contributed by atoms with E-state index in [4.69, 9.17) is 11.2 Å². The number of carbonyl (C=O) groups is 2. The molecule has 0 saturated heterocycles. The topological polar surface area (TPSA) is 102 Å². The summed E-state index contributed by atoms with van der Waals surface area (Å²) in [7, 11) is -2.35. The van der Waals surface area contributed by atoms with E-state index in [1.807, 2.05) is 6.92 Å². The van der Waals surface area contributed by atoms with Gasteiger partial charge in [-0.3, -0.25) is 4.79 Å². The fourth-order valence-corrected chi connectivity index (χ4v) is 4.22. The molecule has 2 N–H and O–H groups in total. The second-order valence-electron chi connectivity index (χ2n) is 6.97. The van der Waals surface area contributed by atoms with Gasteiger partial charge in [-0.15, -0.1) is 12.3 Å². The van der Waals surface area contributed by atoms with E-state index in [0.717, 1.165) is 5.56 Å².